The van der Waals surface area contributed by atoms with E-state index in [0.29, 0.717) is 5.91 Å². The number of hydrazine groups is 1. The molecule has 0 radical (unpaired) electrons. The van der Waals surface area contributed by atoms with Gasteiger partial charge in [-0.15, -0.1) is 0 Å². The molecule has 5 rings (SSSR count). The lowest BCUT2D eigenvalue weighted by Gasteiger charge is -2.38. The highest BCUT2D eigenvalue weighted by atomic mass is 79.9. The van der Waals surface area contributed by atoms with Crippen LogP contribution >= 0.6 is 15.9 Å². The van der Waals surface area contributed by atoms with Gasteiger partial charge in [0.2, 0.25) is 5.91 Å². The first-order chi connectivity index (χ1) is 16.1. The third-order valence-electron chi connectivity index (χ3n) is 6.84. The summed E-state index contributed by atoms with van der Waals surface area (Å²) in [4.78, 5) is 22.7. The molecule has 1 N–H and O–H groups in total. The van der Waals surface area contributed by atoms with Gasteiger partial charge in [0, 0.05) is 42.9 Å². The van der Waals surface area contributed by atoms with E-state index < -0.39 is 0 Å². The van der Waals surface area contributed by atoms with Gasteiger partial charge in [0.05, 0.1) is 23.5 Å². The maximum atomic E-state index is 13.2. The number of likely N-dealkylation sites (tertiary alicyclic amines) is 1. The summed E-state index contributed by atoms with van der Waals surface area (Å²) in [6.07, 6.45) is 2.02. The Bertz CT molecular complexity index is 1110. The number of rotatable bonds is 5. The molecule has 174 valence electrons. The Hall–Kier alpha value is -2.26. The molecule has 1 atom stereocenters. The summed E-state index contributed by atoms with van der Waals surface area (Å²) < 4.78 is 3.31. The number of halogens is 1. The van der Waals surface area contributed by atoms with Crippen LogP contribution in [0.4, 0.5) is 0 Å². The predicted octanol–water partition coefficient (Wildman–Crippen LogP) is 3.28. The Morgan fingerprint density at radius 1 is 1.06 bits per heavy atom. The predicted molar refractivity (Wildman–Crippen MR) is 134 cm³/mol. The van der Waals surface area contributed by atoms with Gasteiger partial charge in [0.1, 0.15) is 5.82 Å². The minimum Gasteiger partial charge on any atom is -0.340 e. The number of carbonyl (C=O) groups is 1. The number of hydrogen-bond donors (Lipinski definition) is 1. The number of para-hydroxylation sites is 2. The lowest BCUT2D eigenvalue weighted by Crippen LogP contribution is -2.54. The number of piperazine rings is 1. The van der Waals surface area contributed by atoms with Crippen LogP contribution in [0.1, 0.15) is 18.7 Å². The number of benzene rings is 2. The fraction of sp³-hybridized carbons (Fsp3) is 0.440. The second-order valence-electron chi connectivity index (χ2n) is 8.94. The lowest BCUT2D eigenvalue weighted by atomic mass is 9.96. The van der Waals surface area contributed by atoms with E-state index in [0.717, 1.165) is 85.7 Å². The van der Waals surface area contributed by atoms with Gasteiger partial charge in [-0.05, 0) is 62.8 Å². The van der Waals surface area contributed by atoms with Crippen molar-refractivity contribution >= 4 is 32.9 Å². The molecule has 0 aliphatic carbocycles. The Labute approximate surface area is 203 Å². The van der Waals surface area contributed by atoms with Crippen molar-refractivity contribution in [1.29, 1.82) is 0 Å². The van der Waals surface area contributed by atoms with E-state index in [1.807, 2.05) is 13.1 Å². The summed E-state index contributed by atoms with van der Waals surface area (Å²) in [6, 6.07) is 16.7. The summed E-state index contributed by atoms with van der Waals surface area (Å²) in [7, 11) is 1.94. The number of amides is 1. The first-order valence-electron chi connectivity index (χ1n) is 11.8. The molecule has 0 bridgehead atoms. The Kier molecular flexibility index (Phi) is 6.78. The van der Waals surface area contributed by atoms with E-state index in [4.69, 9.17) is 4.98 Å². The van der Waals surface area contributed by atoms with Crippen molar-refractivity contribution in [3.8, 4) is 5.69 Å². The molecule has 3 aromatic rings. The molecule has 2 aliphatic rings. The maximum absolute atomic E-state index is 13.2. The van der Waals surface area contributed by atoms with Crippen molar-refractivity contribution in [1.82, 2.24) is 29.8 Å². The number of piperidine rings is 1. The number of nitrogens with zero attached hydrogens (tertiary/aromatic N) is 5. The van der Waals surface area contributed by atoms with E-state index in [1.165, 1.54) is 0 Å². The molecule has 0 spiro atoms. The Morgan fingerprint density at radius 2 is 1.82 bits per heavy atom. The molecule has 0 unspecified atom stereocenters. The largest absolute Gasteiger partial charge is 0.340 e. The van der Waals surface area contributed by atoms with E-state index in [-0.39, 0.29) is 5.92 Å². The van der Waals surface area contributed by atoms with Crippen LogP contribution in [-0.4, -0.2) is 76.6 Å². The van der Waals surface area contributed by atoms with Gasteiger partial charge in [0.25, 0.3) is 0 Å². The van der Waals surface area contributed by atoms with E-state index in [9.17, 15) is 4.79 Å². The maximum Gasteiger partial charge on any atom is 0.227 e. The molecule has 33 heavy (non-hydrogen) atoms. The smallest absolute Gasteiger partial charge is 0.227 e. The van der Waals surface area contributed by atoms with Crippen LogP contribution in [0, 0.1) is 5.92 Å². The van der Waals surface area contributed by atoms with Gasteiger partial charge in [-0.25, -0.2) is 9.99 Å². The molecule has 2 saturated heterocycles. The number of nitrogens with one attached hydrogen (secondary N) is 1. The fourth-order valence-corrected chi connectivity index (χ4v) is 5.33. The molecule has 2 fully saturated rings. The summed E-state index contributed by atoms with van der Waals surface area (Å²) in [5.41, 5.74) is 6.41. The van der Waals surface area contributed by atoms with E-state index in [2.05, 4.69) is 83.2 Å². The average Bonchev–Trinajstić information content (AvgIpc) is 3.22. The average molecular weight is 511 g/mol. The van der Waals surface area contributed by atoms with Crippen molar-refractivity contribution < 1.29 is 4.79 Å². The van der Waals surface area contributed by atoms with Gasteiger partial charge in [0.15, 0.2) is 0 Å². The van der Waals surface area contributed by atoms with Gasteiger partial charge >= 0.3 is 0 Å². The quantitative estimate of drug-likeness (QED) is 0.570. The van der Waals surface area contributed by atoms with Crippen LogP contribution in [0.5, 0.6) is 0 Å². The molecule has 1 aromatic heterocycles. The van der Waals surface area contributed by atoms with Crippen LogP contribution in [0.15, 0.2) is 53.0 Å². The topological polar surface area (TPSA) is 56.6 Å². The number of imidazole rings is 1. The Morgan fingerprint density at radius 3 is 2.58 bits per heavy atom. The molecular weight excluding hydrogens is 480 g/mol. The monoisotopic (exact) mass is 510 g/mol. The van der Waals surface area contributed by atoms with Gasteiger partial charge in [-0.3, -0.25) is 19.7 Å². The summed E-state index contributed by atoms with van der Waals surface area (Å²) in [6.45, 7) is 5.91. The summed E-state index contributed by atoms with van der Waals surface area (Å²) >= 11 is 3.54. The summed E-state index contributed by atoms with van der Waals surface area (Å²) in [5.74, 6) is 1.41. The molecule has 1 amide bonds. The molecule has 3 heterocycles. The van der Waals surface area contributed by atoms with Crippen molar-refractivity contribution in [2.75, 3.05) is 46.3 Å². The van der Waals surface area contributed by atoms with Crippen molar-refractivity contribution in [3.05, 3.63) is 58.8 Å². The zero-order valence-electron chi connectivity index (χ0n) is 19.1. The number of aromatic nitrogens is 2. The first kappa shape index (κ1) is 22.5. The first-order valence-corrected chi connectivity index (χ1v) is 12.6. The van der Waals surface area contributed by atoms with Gasteiger partial charge in [-0.1, -0.05) is 28.1 Å². The molecule has 2 aromatic carbocycles. The van der Waals surface area contributed by atoms with Crippen LogP contribution in [0.3, 0.4) is 0 Å². The number of hydrogen-bond acceptors (Lipinski definition) is 5. The Balaban J connectivity index is 1.34. The lowest BCUT2D eigenvalue weighted by molar-refractivity contribution is -0.139. The fourth-order valence-electron chi connectivity index (χ4n) is 5.07. The van der Waals surface area contributed by atoms with Gasteiger partial charge < -0.3 is 4.90 Å². The van der Waals surface area contributed by atoms with Crippen molar-refractivity contribution in [2.45, 2.75) is 19.4 Å². The molecule has 0 saturated carbocycles. The molecule has 8 heteroatoms. The standard InChI is InChI=1S/C25H31BrN6O/c1-27-31-15-13-30(14-16-31)25(33)19-5-4-12-29(17-19)18-24-28-22-6-2-3-7-23(22)32(24)21-10-8-20(26)9-11-21/h2-3,6-11,19,27H,4-5,12-18H2,1H3/t19-/m1/s1. The van der Waals surface area contributed by atoms with Gasteiger partial charge in [-0.2, -0.15) is 0 Å². The summed E-state index contributed by atoms with van der Waals surface area (Å²) in [5, 5.41) is 2.17. The molecular formula is C25H31BrN6O. The highest BCUT2D eigenvalue weighted by Gasteiger charge is 2.31. The SMILES string of the molecule is CNN1CCN(C(=O)[C@@H]2CCCN(Cc3nc4ccccc4n3-c3ccc(Br)cc3)C2)CC1. The van der Waals surface area contributed by atoms with E-state index in [1.54, 1.807) is 0 Å². The highest BCUT2D eigenvalue weighted by molar-refractivity contribution is 9.10. The van der Waals surface area contributed by atoms with Crippen LogP contribution in [0.2, 0.25) is 0 Å². The zero-order valence-corrected chi connectivity index (χ0v) is 20.7. The number of carbonyl (C=O) groups excluding carboxylic acids is 1. The third-order valence-corrected chi connectivity index (χ3v) is 7.37. The highest BCUT2D eigenvalue weighted by Crippen LogP contribution is 2.26. The molecule has 7 nitrogen and oxygen atoms in total. The van der Waals surface area contributed by atoms with Crippen molar-refractivity contribution in [3.63, 3.8) is 0 Å². The second kappa shape index (κ2) is 9.93. The van der Waals surface area contributed by atoms with Crippen LogP contribution in [-0.2, 0) is 11.3 Å². The van der Waals surface area contributed by atoms with Crippen LogP contribution < -0.4 is 5.43 Å². The minimum atomic E-state index is 0.0744. The normalized spacial score (nSPS) is 20.4. The van der Waals surface area contributed by atoms with E-state index >= 15 is 0 Å². The zero-order chi connectivity index (χ0) is 22.8. The second-order valence-corrected chi connectivity index (χ2v) is 9.85. The van der Waals surface area contributed by atoms with Crippen molar-refractivity contribution in [2.24, 2.45) is 5.92 Å². The minimum absolute atomic E-state index is 0.0744. The number of fused-ring (bicyclic) bond motifs is 1. The molecule has 2 aliphatic heterocycles. The van der Waals surface area contributed by atoms with Crippen LogP contribution in [0.25, 0.3) is 16.7 Å². The third kappa shape index (κ3) is 4.84.